The zero-order chi connectivity index (χ0) is 41.0. The van der Waals surface area contributed by atoms with Crippen LogP contribution in [0.5, 0.6) is 0 Å². The number of methoxy groups -OCH3 is 1. The van der Waals surface area contributed by atoms with Crippen molar-refractivity contribution in [1.82, 2.24) is 10.6 Å². The molecule has 0 aromatic rings. The van der Waals surface area contributed by atoms with E-state index in [1.165, 1.54) is 7.11 Å². The zero-order valence-corrected chi connectivity index (χ0v) is 29.9. The van der Waals surface area contributed by atoms with Gasteiger partial charge in [-0.15, -0.1) is 0 Å². The minimum Gasteiger partial charge on any atom is -0.469 e. The van der Waals surface area contributed by atoms with E-state index < -0.39 is 162 Å². The molecule has 3 saturated heterocycles. The van der Waals surface area contributed by atoms with E-state index in [4.69, 9.17) is 28.4 Å². The average molecular weight is 807 g/mol. The van der Waals surface area contributed by atoms with Crippen LogP contribution in [0, 0.1) is 0 Å². The summed E-state index contributed by atoms with van der Waals surface area (Å²) in [7, 11) is 1.21. The highest BCUT2D eigenvalue weighted by Gasteiger charge is 2.49. The largest absolute Gasteiger partial charge is 0.469 e. The van der Waals surface area contributed by atoms with Gasteiger partial charge in [-0.3, -0.25) is 14.4 Å². The molecule has 320 valence electrons. The lowest BCUT2D eigenvalue weighted by molar-refractivity contribution is -0.324. The highest BCUT2D eigenvalue weighted by Crippen LogP contribution is 2.28. The molecule has 0 saturated carbocycles. The summed E-state index contributed by atoms with van der Waals surface area (Å²) >= 11 is 0. The summed E-state index contributed by atoms with van der Waals surface area (Å²) in [6.07, 6.45) is -26.2. The lowest BCUT2D eigenvalue weighted by atomic mass is 9.98. The molecule has 15 atom stereocenters. The van der Waals surface area contributed by atoms with Crippen LogP contribution in [0.25, 0.3) is 0 Å². The molecule has 0 unspecified atom stereocenters. The van der Waals surface area contributed by atoms with Gasteiger partial charge in [0, 0.05) is 12.8 Å². The third-order valence-electron chi connectivity index (χ3n) is 9.23. The standard InChI is InChI=1S/C31H54N2O22/c1-49-18(39)5-3-2-4-16(37)32-6-17(38)33-31(10-50-28-25(46)22(43)19(40)13(7-34)53-28,11-51-29-26(47)23(44)20(41)14(8-35)54-29)12-52-30-27(48)24(45)21(42)15(9-36)55-30/h13-15,19-30,34-36,40-48H,2-12H2,1H3,(H,32,37)(H,33,38)/t13-,14-,15-,19+,20+,21+,22+,23+,24+,25-,26-,27-,28-,29-,30-/m1/s1. The molecular weight excluding hydrogens is 752 g/mol. The topological polar surface area (TPSA) is 383 Å². The van der Waals surface area contributed by atoms with E-state index in [0.717, 1.165) is 0 Å². The molecule has 3 heterocycles. The van der Waals surface area contributed by atoms with E-state index in [9.17, 15) is 75.7 Å². The van der Waals surface area contributed by atoms with Crippen molar-refractivity contribution in [2.45, 2.75) is 123 Å². The van der Waals surface area contributed by atoms with Crippen LogP contribution in [0.3, 0.4) is 0 Å². The first-order valence-electron chi connectivity index (χ1n) is 17.4. The molecule has 0 bridgehead atoms. The molecule has 2 amide bonds. The summed E-state index contributed by atoms with van der Waals surface area (Å²) in [4.78, 5) is 37.2. The molecule has 55 heavy (non-hydrogen) atoms. The molecule has 3 aliphatic rings. The minimum absolute atomic E-state index is 0.0596. The number of aliphatic hydroxyl groups excluding tert-OH is 12. The first kappa shape index (κ1) is 47.1. The van der Waals surface area contributed by atoms with Crippen molar-refractivity contribution in [2.75, 3.05) is 53.3 Å². The van der Waals surface area contributed by atoms with E-state index in [-0.39, 0.29) is 19.3 Å². The van der Waals surface area contributed by atoms with Gasteiger partial charge in [-0.05, 0) is 12.8 Å². The second-order valence-electron chi connectivity index (χ2n) is 13.4. The summed E-state index contributed by atoms with van der Waals surface area (Å²) in [5.41, 5.74) is -2.14. The van der Waals surface area contributed by atoms with Crippen LogP contribution in [0.1, 0.15) is 25.7 Å². The fraction of sp³-hybridized carbons (Fsp3) is 0.903. The van der Waals surface area contributed by atoms with Gasteiger partial charge < -0.3 is 105 Å². The zero-order valence-electron chi connectivity index (χ0n) is 29.9. The van der Waals surface area contributed by atoms with Gasteiger partial charge in [0.15, 0.2) is 18.9 Å². The van der Waals surface area contributed by atoms with Crippen LogP contribution in [0.15, 0.2) is 0 Å². The van der Waals surface area contributed by atoms with E-state index in [1.807, 2.05) is 0 Å². The number of ether oxygens (including phenoxy) is 7. The Kier molecular flexibility index (Phi) is 18.8. The quantitative estimate of drug-likeness (QED) is 0.0401. The Hall–Kier alpha value is -2.31. The lowest BCUT2D eigenvalue weighted by Gasteiger charge is -2.44. The number of aliphatic hydroxyl groups is 12. The maximum absolute atomic E-state index is 13.4. The molecule has 0 radical (unpaired) electrons. The highest BCUT2D eigenvalue weighted by molar-refractivity contribution is 5.85. The van der Waals surface area contributed by atoms with Gasteiger partial charge >= 0.3 is 5.97 Å². The summed E-state index contributed by atoms with van der Waals surface area (Å²) in [5, 5.41) is 127. The van der Waals surface area contributed by atoms with Gasteiger partial charge in [-0.25, -0.2) is 0 Å². The normalized spacial score (nSPS) is 36.9. The molecule has 14 N–H and O–H groups in total. The molecule has 3 rings (SSSR count). The molecule has 0 aromatic heterocycles. The number of hydrogen-bond acceptors (Lipinski definition) is 22. The van der Waals surface area contributed by atoms with Gasteiger partial charge in [-0.2, -0.15) is 0 Å². The monoisotopic (exact) mass is 806 g/mol. The molecule has 0 spiro atoms. The molecule has 0 aliphatic carbocycles. The SMILES string of the molecule is COC(=O)CCCCC(=O)NCC(=O)NC(CO[C@@H]1O[C@H](CO)[C@H](O)[C@H](O)[C@H]1O)(CO[C@@H]1O[C@H](CO)[C@H](O)[C@H](O)[C@H]1O)CO[C@@H]1O[C@H](CO)[C@H](O)[C@H](O)[C@H]1O. The van der Waals surface area contributed by atoms with Crippen LogP contribution >= 0.6 is 0 Å². The van der Waals surface area contributed by atoms with Crippen molar-refractivity contribution in [2.24, 2.45) is 0 Å². The third-order valence-corrected chi connectivity index (χ3v) is 9.23. The lowest BCUT2D eigenvalue weighted by Crippen LogP contribution is -2.66. The van der Waals surface area contributed by atoms with E-state index in [1.54, 1.807) is 0 Å². The number of carbonyl (C=O) groups is 3. The van der Waals surface area contributed by atoms with Gasteiger partial charge in [0.2, 0.25) is 11.8 Å². The Morgan fingerprint density at radius 1 is 0.545 bits per heavy atom. The smallest absolute Gasteiger partial charge is 0.305 e. The van der Waals surface area contributed by atoms with E-state index in [2.05, 4.69) is 15.4 Å². The maximum Gasteiger partial charge on any atom is 0.305 e. The van der Waals surface area contributed by atoms with Crippen molar-refractivity contribution in [3.63, 3.8) is 0 Å². The fourth-order valence-corrected chi connectivity index (χ4v) is 5.84. The number of hydrogen-bond donors (Lipinski definition) is 14. The van der Waals surface area contributed by atoms with Crippen molar-refractivity contribution in [3.8, 4) is 0 Å². The van der Waals surface area contributed by atoms with E-state index in [0.29, 0.717) is 6.42 Å². The Labute approximate surface area is 314 Å². The molecule has 24 heteroatoms. The van der Waals surface area contributed by atoms with Gasteiger partial charge in [0.25, 0.3) is 0 Å². The summed E-state index contributed by atoms with van der Waals surface area (Å²) in [5.74, 6) is -2.05. The first-order valence-corrected chi connectivity index (χ1v) is 17.4. The van der Waals surface area contributed by atoms with Gasteiger partial charge in [0.05, 0.1) is 53.3 Å². The Bertz CT molecular complexity index is 1100. The van der Waals surface area contributed by atoms with Gasteiger partial charge in [0.1, 0.15) is 78.8 Å². The molecule has 3 fully saturated rings. The third kappa shape index (κ3) is 12.6. The molecule has 3 aliphatic heterocycles. The number of amides is 2. The molecule has 0 aromatic carbocycles. The Morgan fingerprint density at radius 2 is 0.909 bits per heavy atom. The Balaban J connectivity index is 1.90. The summed E-state index contributed by atoms with van der Waals surface area (Å²) in [6, 6.07) is 0. The van der Waals surface area contributed by atoms with E-state index >= 15 is 0 Å². The average Bonchev–Trinajstić information content (AvgIpc) is 3.18. The predicted molar refractivity (Wildman–Crippen MR) is 174 cm³/mol. The van der Waals surface area contributed by atoms with Crippen molar-refractivity contribution in [3.05, 3.63) is 0 Å². The van der Waals surface area contributed by atoms with Gasteiger partial charge in [-0.1, -0.05) is 0 Å². The maximum atomic E-state index is 13.4. The number of esters is 1. The van der Waals surface area contributed by atoms with Crippen LogP contribution in [-0.2, 0) is 47.5 Å². The first-order chi connectivity index (χ1) is 26.0. The number of nitrogens with one attached hydrogen (secondary N) is 2. The van der Waals surface area contributed by atoms with Crippen molar-refractivity contribution >= 4 is 17.8 Å². The minimum atomic E-state index is -2.14. The second-order valence-corrected chi connectivity index (χ2v) is 13.4. The van der Waals surface area contributed by atoms with Crippen LogP contribution in [-0.4, -0.2) is 230 Å². The fourth-order valence-electron chi connectivity index (χ4n) is 5.84. The Morgan fingerprint density at radius 3 is 1.25 bits per heavy atom. The number of rotatable bonds is 20. The summed E-state index contributed by atoms with van der Waals surface area (Å²) < 4.78 is 37.8. The summed E-state index contributed by atoms with van der Waals surface area (Å²) in [6.45, 7) is -5.86. The van der Waals surface area contributed by atoms with Crippen LogP contribution in [0.2, 0.25) is 0 Å². The molecule has 24 nitrogen and oxygen atoms in total. The van der Waals surface area contributed by atoms with Crippen molar-refractivity contribution < 1.29 is 109 Å². The highest BCUT2D eigenvalue weighted by atomic mass is 16.7. The van der Waals surface area contributed by atoms with Crippen molar-refractivity contribution in [1.29, 1.82) is 0 Å². The van der Waals surface area contributed by atoms with Crippen LogP contribution < -0.4 is 10.6 Å². The number of unbranched alkanes of at least 4 members (excludes halogenated alkanes) is 1. The molecular formula is C31H54N2O22. The van der Waals surface area contributed by atoms with Crippen LogP contribution in [0.4, 0.5) is 0 Å². The predicted octanol–water partition coefficient (Wildman–Crippen LogP) is -8.86. The second kappa shape index (κ2) is 22.0. The number of carbonyl (C=O) groups excluding carboxylic acids is 3.